The van der Waals surface area contributed by atoms with Gasteiger partial charge in [0.15, 0.2) is 17.5 Å². The van der Waals surface area contributed by atoms with E-state index in [-0.39, 0.29) is 17.1 Å². The smallest absolute Gasteiger partial charge is 0.162 e. The SMILES string of the molecule is Nc1nnc(-c2cc(F)c(F)cc2O)c2ccncc12. The van der Waals surface area contributed by atoms with Crippen molar-refractivity contribution < 1.29 is 13.9 Å². The molecular formula is C13H8F2N4O. The first-order valence-corrected chi connectivity index (χ1v) is 5.62. The number of hydrogen-bond acceptors (Lipinski definition) is 5. The molecule has 2 aromatic heterocycles. The number of pyridine rings is 1. The molecule has 0 fully saturated rings. The van der Waals surface area contributed by atoms with Gasteiger partial charge in [0.1, 0.15) is 11.4 Å². The van der Waals surface area contributed by atoms with Crippen LogP contribution in [-0.2, 0) is 0 Å². The number of nitrogen functional groups attached to an aromatic ring is 1. The zero-order valence-corrected chi connectivity index (χ0v) is 10.0. The highest BCUT2D eigenvalue weighted by Crippen LogP contribution is 2.34. The van der Waals surface area contributed by atoms with Crippen LogP contribution in [0.15, 0.2) is 30.6 Å². The molecule has 3 aromatic rings. The molecule has 0 atom stereocenters. The fraction of sp³-hybridized carbons (Fsp3) is 0. The largest absolute Gasteiger partial charge is 0.507 e. The van der Waals surface area contributed by atoms with E-state index < -0.39 is 17.4 Å². The molecule has 0 bridgehead atoms. The predicted molar refractivity (Wildman–Crippen MR) is 68.8 cm³/mol. The number of hydrogen-bond donors (Lipinski definition) is 2. The number of halogens is 2. The van der Waals surface area contributed by atoms with Gasteiger partial charge in [-0.05, 0) is 12.1 Å². The molecule has 0 aliphatic heterocycles. The van der Waals surface area contributed by atoms with Crippen molar-refractivity contribution in [3.63, 3.8) is 0 Å². The Labute approximate surface area is 111 Å². The maximum atomic E-state index is 13.4. The Kier molecular flexibility index (Phi) is 2.67. The summed E-state index contributed by atoms with van der Waals surface area (Å²) in [6.07, 6.45) is 2.99. The van der Waals surface area contributed by atoms with Gasteiger partial charge in [0.05, 0.1) is 0 Å². The van der Waals surface area contributed by atoms with Crippen molar-refractivity contribution in [2.45, 2.75) is 0 Å². The second-order valence-corrected chi connectivity index (χ2v) is 4.14. The lowest BCUT2D eigenvalue weighted by Gasteiger charge is -2.08. The summed E-state index contributed by atoms with van der Waals surface area (Å²) in [4.78, 5) is 3.92. The molecule has 3 rings (SSSR count). The molecule has 20 heavy (non-hydrogen) atoms. The van der Waals surface area contributed by atoms with Crippen LogP contribution >= 0.6 is 0 Å². The third-order valence-corrected chi connectivity index (χ3v) is 2.90. The highest BCUT2D eigenvalue weighted by Gasteiger charge is 2.16. The number of aromatic hydroxyl groups is 1. The summed E-state index contributed by atoms with van der Waals surface area (Å²) in [6, 6.07) is 3.16. The van der Waals surface area contributed by atoms with Crippen molar-refractivity contribution >= 4 is 16.6 Å². The Balaban J connectivity index is 2.36. The molecule has 7 heteroatoms. The topological polar surface area (TPSA) is 84.9 Å². The molecular weight excluding hydrogens is 266 g/mol. The van der Waals surface area contributed by atoms with E-state index in [0.717, 1.165) is 6.07 Å². The lowest BCUT2D eigenvalue weighted by Crippen LogP contribution is -1.99. The lowest BCUT2D eigenvalue weighted by atomic mass is 10.0. The van der Waals surface area contributed by atoms with Crippen molar-refractivity contribution in [2.24, 2.45) is 0 Å². The van der Waals surface area contributed by atoms with Crippen LogP contribution in [0.25, 0.3) is 22.0 Å². The summed E-state index contributed by atoms with van der Waals surface area (Å²) in [7, 11) is 0. The molecule has 0 amide bonds. The van der Waals surface area contributed by atoms with Crippen LogP contribution in [-0.4, -0.2) is 20.3 Å². The molecule has 0 aliphatic carbocycles. The van der Waals surface area contributed by atoms with Gasteiger partial charge in [-0.1, -0.05) is 0 Å². The highest BCUT2D eigenvalue weighted by atomic mass is 19.2. The van der Waals surface area contributed by atoms with Gasteiger partial charge in [0, 0.05) is 34.8 Å². The van der Waals surface area contributed by atoms with E-state index in [0.29, 0.717) is 16.8 Å². The first kappa shape index (κ1) is 12.2. The molecule has 2 heterocycles. The molecule has 1 aromatic carbocycles. The Bertz CT molecular complexity index is 823. The summed E-state index contributed by atoms with van der Waals surface area (Å²) < 4.78 is 26.4. The Morgan fingerprint density at radius 3 is 2.60 bits per heavy atom. The molecule has 5 nitrogen and oxygen atoms in total. The van der Waals surface area contributed by atoms with Gasteiger partial charge in [0.2, 0.25) is 0 Å². The highest BCUT2D eigenvalue weighted by molar-refractivity contribution is 5.99. The number of nitrogens with zero attached hydrogens (tertiary/aromatic N) is 3. The molecule has 0 spiro atoms. The van der Waals surface area contributed by atoms with E-state index in [9.17, 15) is 13.9 Å². The van der Waals surface area contributed by atoms with Gasteiger partial charge in [-0.15, -0.1) is 10.2 Å². The molecule has 0 saturated carbocycles. The van der Waals surface area contributed by atoms with Gasteiger partial charge in [0.25, 0.3) is 0 Å². The summed E-state index contributed by atoms with van der Waals surface area (Å²) in [5.41, 5.74) is 5.92. The van der Waals surface area contributed by atoms with Crippen molar-refractivity contribution in [3.8, 4) is 17.0 Å². The predicted octanol–water partition coefficient (Wildman–Crippen LogP) is 2.26. The van der Waals surface area contributed by atoms with E-state index in [4.69, 9.17) is 5.73 Å². The molecule has 0 saturated heterocycles. The van der Waals surface area contributed by atoms with Crippen LogP contribution in [0, 0.1) is 11.6 Å². The van der Waals surface area contributed by atoms with Crippen LogP contribution in [0.1, 0.15) is 0 Å². The number of nitrogens with two attached hydrogens (primary N) is 1. The van der Waals surface area contributed by atoms with E-state index in [1.165, 1.54) is 12.4 Å². The molecule has 0 radical (unpaired) electrons. The normalized spacial score (nSPS) is 10.9. The van der Waals surface area contributed by atoms with Crippen LogP contribution in [0.5, 0.6) is 5.75 Å². The number of anilines is 1. The zero-order valence-electron chi connectivity index (χ0n) is 10.0. The molecule has 3 N–H and O–H groups in total. The lowest BCUT2D eigenvalue weighted by molar-refractivity contribution is 0.456. The minimum absolute atomic E-state index is 0.0348. The quantitative estimate of drug-likeness (QED) is 0.711. The number of benzene rings is 1. The Morgan fingerprint density at radius 2 is 1.80 bits per heavy atom. The first-order chi connectivity index (χ1) is 9.58. The summed E-state index contributed by atoms with van der Waals surface area (Å²) >= 11 is 0. The Hall–Kier alpha value is -2.83. The van der Waals surface area contributed by atoms with Crippen LogP contribution in [0.4, 0.5) is 14.6 Å². The minimum Gasteiger partial charge on any atom is -0.507 e. The van der Waals surface area contributed by atoms with Crippen molar-refractivity contribution in [2.75, 3.05) is 5.73 Å². The standard InChI is InChI=1S/C13H8F2N4O/c14-9-3-7(11(20)4-10(9)15)12-6-1-2-17-5-8(6)13(16)19-18-12/h1-5,20H,(H2,16,19). The maximum Gasteiger partial charge on any atom is 0.162 e. The van der Waals surface area contributed by atoms with Gasteiger partial charge in [-0.3, -0.25) is 4.98 Å². The van der Waals surface area contributed by atoms with Gasteiger partial charge < -0.3 is 10.8 Å². The average Bonchev–Trinajstić information content (AvgIpc) is 2.44. The fourth-order valence-electron chi connectivity index (χ4n) is 1.94. The van der Waals surface area contributed by atoms with Crippen LogP contribution < -0.4 is 5.73 Å². The third kappa shape index (κ3) is 1.80. The monoisotopic (exact) mass is 274 g/mol. The first-order valence-electron chi connectivity index (χ1n) is 5.62. The Morgan fingerprint density at radius 1 is 1.05 bits per heavy atom. The zero-order chi connectivity index (χ0) is 14.3. The maximum absolute atomic E-state index is 13.4. The molecule has 100 valence electrons. The summed E-state index contributed by atoms with van der Waals surface area (Å²) in [5, 5.41) is 18.4. The second kappa shape index (κ2) is 4.37. The van der Waals surface area contributed by atoms with Crippen molar-refractivity contribution in [1.29, 1.82) is 0 Å². The second-order valence-electron chi connectivity index (χ2n) is 4.14. The number of phenols is 1. The van der Waals surface area contributed by atoms with Crippen LogP contribution in [0.2, 0.25) is 0 Å². The number of phenolic OH excluding ortho intramolecular Hbond substituents is 1. The van der Waals surface area contributed by atoms with Gasteiger partial charge in [-0.2, -0.15) is 0 Å². The number of aromatic nitrogens is 3. The van der Waals surface area contributed by atoms with E-state index in [1.807, 2.05) is 0 Å². The summed E-state index contributed by atoms with van der Waals surface area (Å²) in [6.45, 7) is 0. The van der Waals surface area contributed by atoms with E-state index >= 15 is 0 Å². The van der Waals surface area contributed by atoms with Gasteiger partial charge in [-0.25, -0.2) is 8.78 Å². The summed E-state index contributed by atoms with van der Waals surface area (Å²) in [5.74, 6) is -2.49. The van der Waals surface area contributed by atoms with Crippen LogP contribution in [0.3, 0.4) is 0 Å². The molecule has 0 aliphatic rings. The van der Waals surface area contributed by atoms with E-state index in [1.54, 1.807) is 6.07 Å². The molecule has 0 unspecified atom stereocenters. The number of rotatable bonds is 1. The van der Waals surface area contributed by atoms with Crippen molar-refractivity contribution in [1.82, 2.24) is 15.2 Å². The third-order valence-electron chi connectivity index (χ3n) is 2.90. The fourth-order valence-corrected chi connectivity index (χ4v) is 1.94. The van der Waals surface area contributed by atoms with E-state index in [2.05, 4.69) is 15.2 Å². The minimum atomic E-state index is -1.14. The average molecular weight is 274 g/mol. The van der Waals surface area contributed by atoms with Crippen molar-refractivity contribution in [3.05, 3.63) is 42.2 Å². The van der Waals surface area contributed by atoms with Gasteiger partial charge >= 0.3 is 0 Å². The number of fused-ring (bicyclic) bond motifs is 1.